The van der Waals surface area contributed by atoms with E-state index in [4.69, 9.17) is 29.6 Å². The first-order valence-electron chi connectivity index (χ1n) is 20.0. The highest BCUT2D eigenvalue weighted by atomic mass is 127. The normalized spacial score (nSPS) is 13.0. The third kappa shape index (κ3) is 12.5. The first kappa shape index (κ1) is 46.1. The first-order valence-corrected chi connectivity index (χ1v) is 21.1. The van der Waals surface area contributed by atoms with Gasteiger partial charge in [0.1, 0.15) is 0 Å². The van der Waals surface area contributed by atoms with Crippen LogP contribution < -0.4 is 19.6 Å². The average Bonchev–Trinajstić information content (AvgIpc) is 3.60. The number of rotatable bonds is 19. The molecule has 324 valence electrons. The Morgan fingerprint density at radius 1 is 0.951 bits per heavy atom. The Morgan fingerprint density at radius 2 is 1.66 bits per heavy atom. The van der Waals surface area contributed by atoms with Gasteiger partial charge in [-0.3, -0.25) is 9.99 Å². The van der Waals surface area contributed by atoms with E-state index in [2.05, 4.69) is 45.2 Å². The Labute approximate surface area is 370 Å². The van der Waals surface area contributed by atoms with Crippen molar-refractivity contribution in [1.82, 2.24) is 23.6 Å². The van der Waals surface area contributed by atoms with Crippen LogP contribution in [0.4, 0.5) is 4.79 Å². The van der Waals surface area contributed by atoms with E-state index >= 15 is 0 Å². The maximum absolute atomic E-state index is 13.7. The molecule has 0 saturated carbocycles. The Hall–Kier alpha value is -5.95. The zero-order valence-corrected chi connectivity index (χ0v) is 37.8. The minimum atomic E-state index is -1.23. The number of fused-ring (bicyclic) bond motifs is 1. The molecule has 2 atom stereocenters. The quantitative estimate of drug-likeness (QED) is 0.00616. The largest absolute Gasteiger partial charge is 0.511 e. The van der Waals surface area contributed by atoms with Crippen LogP contribution in [-0.4, -0.2) is 76.5 Å². The highest BCUT2D eigenvalue weighted by Gasteiger charge is 2.26. The average molecular weight is 949 g/mol. The molecule has 0 bridgehead atoms. The minimum Gasteiger partial charge on any atom is -0.465 e. The molecular formula is C44H55IN9O7+. The Balaban J connectivity index is 1.19. The number of nitrogens with two attached hydrogens (primary N) is 1. The van der Waals surface area contributed by atoms with Gasteiger partial charge >= 0.3 is 12.1 Å². The van der Waals surface area contributed by atoms with Gasteiger partial charge < -0.3 is 29.6 Å². The molecule has 0 aliphatic heterocycles. The number of nitrogens with zero attached hydrogens (tertiary/aromatic N) is 6. The Morgan fingerprint density at radius 3 is 2.34 bits per heavy atom. The molecule has 0 spiro atoms. The van der Waals surface area contributed by atoms with Crippen molar-refractivity contribution in [3.05, 3.63) is 119 Å². The van der Waals surface area contributed by atoms with E-state index in [1.807, 2.05) is 132 Å². The van der Waals surface area contributed by atoms with Gasteiger partial charge in [-0.25, -0.2) is 9.59 Å². The molecule has 5 rings (SSSR count). The fraction of sp³-hybridized carbons (Fsp3) is 0.364. The summed E-state index contributed by atoms with van der Waals surface area (Å²) in [4.78, 5) is 38.6. The molecular weight excluding hydrogens is 893 g/mol. The molecule has 4 N–H and O–H groups in total. The van der Waals surface area contributed by atoms with Crippen LogP contribution in [0.25, 0.3) is 22.2 Å². The van der Waals surface area contributed by atoms with Crippen LogP contribution in [0.15, 0.2) is 107 Å². The number of imidazole rings is 1. The fourth-order valence-electron chi connectivity index (χ4n) is 6.40. The van der Waals surface area contributed by atoms with E-state index < -0.39 is 18.4 Å². The van der Waals surface area contributed by atoms with E-state index in [0.29, 0.717) is 55.3 Å². The smallest absolute Gasteiger partial charge is 0.465 e. The molecule has 16 nitrogen and oxygen atoms in total. The van der Waals surface area contributed by atoms with Crippen LogP contribution in [0.5, 0.6) is 6.01 Å². The summed E-state index contributed by atoms with van der Waals surface area (Å²) in [6.07, 6.45) is -0.604. The van der Waals surface area contributed by atoms with Crippen molar-refractivity contribution in [2.45, 2.75) is 78.4 Å². The van der Waals surface area contributed by atoms with E-state index in [-0.39, 0.29) is 23.8 Å². The van der Waals surface area contributed by atoms with Gasteiger partial charge in [-0.05, 0) is 81.3 Å². The van der Waals surface area contributed by atoms with Gasteiger partial charge in [-0.1, -0.05) is 84.9 Å². The van der Waals surface area contributed by atoms with Crippen LogP contribution >= 0.6 is 22.9 Å². The van der Waals surface area contributed by atoms with E-state index in [0.717, 1.165) is 27.8 Å². The molecule has 0 radical (unpaired) electrons. The number of aromatic nitrogens is 2. The monoisotopic (exact) mass is 948 g/mol. The molecule has 17 heteroatoms. The number of hydrogen-bond donors (Lipinski definition) is 3. The van der Waals surface area contributed by atoms with Gasteiger partial charge in [-0.2, -0.15) is 18.7 Å². The molecule has 0 saturated heterocycles. The molecule has 61 heavy (non-hydrogen) atoms. The SMILES string of the molecule is CCOc1nc2cccc(C(=O)OC(C)OC(=O)OCCCCC(O/N=[N+](\C)N(C)C(C)(C)C)c3ccccc3)c2n1Cc1ccc(-c2ccccc2C(=NN)NNI)cc1. The number of halogens is 1. The summed E-state index contributed by atoms with van der Waals surface area (Å²) >= 11 is 1.96. The summed E-state index contributed by atoms with van der Waals surface area (Å²) in [5, 5.41) is 10.2. The summed E-state index contributed by atoms with van der Waals surface area (Å²) in [6.45, 7) is 10.4. The second-order valence-electron chi connectivity index (χ2n) is 15.0. The number of carbonyl (C=O) groups is 2. The lowest BCUT2D eigenvalue weighted by molar-refractivity contribution is -0.748. The summed E-state index contributed by atoms with van der Waals surface area (Å²) in [6, 6.07) is 31.2. The lowest BCUT2D eigenvalue weighted by atomic mass is 9.98. The molecule has 0 aliphatic carbocycles. The predicted molar refractivity (Wildman–Crippen MR) is 240 cm³/mol. The van der Waals surface area contributed by atoms with Crippen molar-refractivity contribution in [3.8, 4) is 17.1 Å². The van der Waals surface area contributed by atoms with Gasteiger partial charge in [0.15, 0.2) is 19.0 Å². The number of hydrogen-bond acceptors (Lipinski definition) is 12. The number of hydrazine groups is 2. The molecule has 1 aromatic heterocycles. The third-order valence-corrected chi connectivity index (χ3v) is 10.1. The molecule has 0 amide bonds. The zero-order valence-electron chi connectivity index (χ0n) is 35.6. The van der Waals surface area contributed by atoms with Gasteiger partial charge in [0.25, 0.3) is 6.01 Å². The number of hydrazone groups is 1. The van der Waals surface area contributed by atoms with Crippen LogP contribution in [0.2, 0.25) is 0 Å². The van der Waals surface area contributed by atoms with Crippen molar-refractivity contribution in [1.29, 1.82) is 0 Å². The number of carbonyl (C=O) groups excluding carboxylic acids is 2. The number of unbranched alkanes of at least 4 members (excludes halogenated alkanes) is 1. The van der Waals surface area contributed by atoms with Crippen LogP contribution in [0.3, 0.4) is 0 Å². The standard InChI is InChI=1S/C44H54IN9O7/c1-8-57-42-47-37-22-16-21-36(39(37)54(42)29-31-24-26-32(27-25-31)34-19-12-13-20-35(34)40(48-46)49-50-45)41(55)59-30(2)60-43(56)58-28-15-14-23-38(33-17-10-9-11-18-33)61-51-53(7)52(6)44(3,4)5/h9-13,16-22,24-27,30,38,51H,8,14-15,23,28-29H2,1-7H3,(H2,46,50)/p+1. The zero-order chi connectivity index (χ0) is 43.9. The van der Waals surface area contributed by atoms with Crippen LogP contribution in [-0.2, 0) is 25.6 Å². The van der Waals surface area contributed by atoms with Crippen LogP contribution in [0.1, 0.15) is 87.0 Å². The van der Waals surface area contributed by atoms with Gasteiger partial charge in [0, 0.05) is 40.2 Å². The summed E-state index contributed by atoms with van der Waals surface area (Å²) < 4.78 is 26.8. The van der Waals surface area contributed by atoms with E-state index in [1.54, 1.807) is 23.0 Å². The molecule has 0 fully saturated rings. The maximum atomic E-state index is 13.7. The number of nitrogens with one attached hydrogen (secondary N) is 2. The number of para-hydroxylation sites is 1. The number of esters is 1. The Kier molecular flexibility index (Phi) is 16.7. The summed E-state index contributed by atoms with van der Waals surface area (Å²) in [7, 11) is 3.78. The predicted octanol–water partition coefficient (Wildman–Crippen LogP) is 8.45. The summed E-state index contributed by atoms with van der Waals surface area (Å²) in [5.41, 5.74) is 8.74. The lowest BCUT2D eigenvalue weighted by Crippen LogP contribution is -2.43. The molecule has 4 aromatic carbocycles. The minimum absolute atomic E-state index is 0.104. The number of amidine groups is 1. The highest BCUT2D eigenvalue weighted by Crippen LogP contribution is 2.30. The number of benzene rings is 4. The second-order valence-corrected chi connectivity index (χ2v) is 15.5. The lowest BCUT2D eigenvalue weighted by Gasteiger charge is -2.25. The van der Waals surface area contributed by atoms with Gasteiger partial charge in [0.05, 0.1) is 48.9 Å². The van der Waals surface area contributed by atoms with Crippen molar-refractivity contribution < 1.29 is 38.2 Å². The van der Waals surface area contributed by atoms with E-state index in [1.165, 1.54) is 6.92 Å². The summed E-state index contributed by atoms with van der Waals surface area (Å²) in [5.74, 6) is 5.46. The topological polar surface area (TPSA) is 179 Å². The van der Waals surface area contributed by atoms with Crippen LogP contribution in [0, 0.1) is 0 Å². The van der Waals surface area contributed by atoms with E-state index in [9.17, 15) is 9.59 Å². The molecule has 1 heterocycles. The highest BCUT2D eigenvalue weighted by molar-refractivity contribution is 14.1. The Bertz CT molecular complexity index is 2280. The van der Waals surface area contributed by atoms with Gasteiger partial charge in [0.2, 0.25) is 11.6 Å². The van der Waals surface area contributed by atoms with Crippen molar-refractivity contribution in [2.24, 2.45) is 16.2 Å². The third-order valence-electron chi connectivity index (χ3n) is 9.79. The van der Waals surface area contributed by atoms with Crippen molar-refractivity contribution in [2.75, 3.05) is 27.3 Å². The van der Waals surface area contributed by atoms with Gasteiger partial charge in [-0.15, -0.1) is 0 Å². The first-order chi connectivity index (χ1) is 29.3. The second kappa shape index (κ2) is 22.1. The van der Waals surface area contributed by atoms with Crippen molar-refractivity contribution >= 4 is 51.9 Å². The maximum Gasteiger partial charge on any atom is 0.511 e. The fourth-order valence-corrected chi connectivity index (χ4v) is 6.66. The number of ether oxygens (including phenoxy) is 4. The molecule has 2 unspecified atom stereocenters. The van der Waals surface area contributed by atoms with Crippen molar-refractivity contribution in [3.63, 3.8) is 0 Å². The molecule has 5 aromatic rings. The molecule has 0 aliphatic rings.